The van der Waals surface area contributed by atoms with Crippen LogP contribution in [0.5, 0.6) is 0 Å². The molecule has 0 saturated carbocycles. The molecule has 24 heavy (non-hydrogen) atoms. The van der Waals surface area contributed by atoms with E-state index in [-0.39, 0.29) is 11.7 Å². The van der Waals surface area contributed by atoms with Gasteiger partial charge in [0.05, 0.1) is 5.69 Å². The van der Waals surface area contributed by atoms with Gasteiger partial charge in [0.1, 0.15) is 5.82 Å². The number of hydrogen-bond acceptors (Lipinski definition) is 3. The fraction of sp³-hybridized carbons (Fsp3) is 0.167. The maximum absolute atomic E-state index is 12.5. The molecule has 0 bridgehead atoms. The van der Waals surface area contributed by atoms with Crippen LogP contribution in [-0.4, -0.2) is 20.7 Å². The maximum atomic E-state index is 12.5. The van der Waals surface area contributed by atoms with Gasteiger partial charge >= 0.3 is 0 Å². The lowest BCUT2D eigenvalue weighted by Crippen LogP contribution is -2.15. The van der Waals surface area contributed by atoms with Gasteiger partial charge in [0.25, 0.3) is 5.91 Å². The zero-order valence-electron chi connectivity index (χ0n) is 13.7. The predicted octanol–water partition coefficient (Wildman–Crippen LogP) is 4.10. The number of aryl methyl sites for hydroxylation is 2. The molecule has 6 heteroatoms. The molecule has 1 aromatic heterocycles. The number of carbonyl (C=O) groups excluding carboxylic acids is 1. The first-order valence-electron chi connectivity index (χ1n) is 7.53. The molecule has 0 fully saturated rings. The number of carbonyl (C=O) groups is 1. The van der Waals surface area contributed by atoms with Crippen molar-refractivity contribution in [3.8, 4) is 5.69 Å². The molecule has 0 aliphatic heterocycles. The van der Waals surface area contributed by atoms with Crippen LogP contribution >= 0.6 is 11.6 Å². The van der Waals surface area contributed by atoms with Crippen LogP contribution in [0, 0.1) is 20.8 Å². The van der Waals surface area contributed by atoms with Crippen LogP contribution in [0.4, 0.5) is 5.69 Å². The fourth-order valence-corrected chi connectivity index (χ4v) is 2.50. The minimum Gasteiger partial charge on any atom is -0.319 e. The number of hydrogen-bond donors (Lipinski definition) is 1. The van der Waals surface area contributed by atoms with Crippen LogP contribution in [-0.2, 0) is 0 Å². The van der Waals surface area contributed by atoms with Gasteiger partial charge in [-0.2, -0.15) is 0 Å². The summed E-state index contributed by atoms with van der Waals surface area (Å²) >= 11 is 5.90. The highest BCUT2D eigenvalue weighted by Gasteiger charge is 2.16. The lowest BCUT2D eigenvalue weighted by atomic mass is 10.1. The Balaban J connectivity index is 1.87. The van der Waals surface area contributed by atoms with E-state index in [0.29, 0.717) is 10.8 Å². The van der Waals surface area contributed by atoms with E-state index in [4.69, 9.17) is 11.6 Å². The molecule has 3 rings (SSSR count). The van der Waals surface area contributed by atoms with Crippen molar-refractivity contribution in [2.75, 3.05) is 5.32 Å². The first-order chi connectivity index (χ1) is 11.5. The van der Waals surface area contributed by atoms with Gasteiger partial charge in [-0.3, -0.25) is 4.79 Å². The van der Waals surface area contributed by atoms with Gasteiger partial charge < -0.3 is 5.32 Å². The Morgan fingerprint density at radius 2 is 1.79 bits per heavy atom. The van der Waals surface area contributed by atoms with E-state index >= 15 is 0 Å². The highest BCUT2D eigenvalue weighted by Crippen LogP contribution is 2.19. The van der Waals surface area contributed by atoms with E-state index < -0.39 is 0 Å². The second kappa shape index (κ2) is 6.45. The zero-order chi connectivity index (χ0) is 17.3. The second-order valence-corrected chi connectivity index (χ2v) is 6.01. The smallest absolute Gasteiger partial charge is 0.295 e. The molecule has 2 aromatic carbocycles. The summed E-state index contributed by atoms with van der Waals surface area (Å²) in [6.07, 6.45) is 0. The molecule has 3 aromatic rings. The molecule has 122 valence electrons. The van der Waals surface area contributed by atoms with Gasteiger partial charge in [0, 0.05) is 10.7 Å². The summed E-state index contributed by atoms with van der Waals surface area (Å²) in [5, 5.41) is 7.82. The van der Waals surface area contributed by atoms with Crippen LogP contribution < -0.4 is 5.32 Å². The van der Waals surface area contributed by atoms with E-state index in [1.54, 1.807) is 23.7 Å². The lowest BCUT2D eigenvalue weighted by molar-refractivity contribution is 0.101. The average Bonchev–Trinajstić information content (AvgIpc) is 2.94. The molecule has 0 atom stereocenters. The Morgan fingerprint density at radius 1 is 1.08 bits per heavy atom. The quantitative estimate of drug-likeness (QED) is 0.781. The van der Waals surface area contributed by atoms with Crippen LogP contribution in [0.25, 0.3) is 5.69 Å². The largest absolute Gasteiger partial charge is 0.319 e. The maximum Gasteiger partial charge on any atom is 0.295 e. The van der Waals surface area contributed by atoms with Gasteiger partial charge in [-0.15, -0.1) is 5.10 Å². The van der Waals surface area contributed by atoms with Crippen molar-refractivity contribution < 1.29 is 4.79 Å². The summed E-state index contributed by atoms with van der Waals surface area (Å²) in [7, 11) is 0. The lowest BCUT2D eigenvalue weighted by Gasteiger charge is -2.08. The summed E-state index contributed by atoms with van der Waals surface area (Å²) < 4.78 is 1.62. The average molecular weight is 341 g/mol. The Morgan fingerprint density at radius 3 is 2.50 bits per heavy atom. The SMILES string of the molecule is Cc1cccc(NC(=O)c2nc(C)n(-c3ccc(Cl)cc3)n2)c1C. The third-order valence-electron chi connectivity index (χ3n) is 3.90. The molecule has 1 amide bonds. The second-order valence-electron chi connectivity index (χ2n) is 5.57. The zero-order valence-corrected chi connectivity index (χ0v) is 14.4. The topological polar surface area (TPSA) is 59.8 Å². The standard InChI is InChI=1S/C18H17ClN4O/c1-11-5-4-6-16(12(11)2)21-18(24)17-20-13(3)23(22-17)15-9-7-14(19)8-10-15/h4-10H,1-3H3,(H,21,24). The van der Waals surface area contributed by atoms with Crippen molar-refractivity contribution in [1.29, 1.82) is 0 Å². The van der Waals surface area contributed by atoms with Crippen molar-refractivity contribution in [3.05, 3.63) is 70.3 Å². The predicted molar refractivity (Wildman–Crippen MR) is 95.0 cm³/mol. The molecule has 0 spiro atoms. The molecular formula is C18H17ClN4O. The molecular weight excluding hydrogens is 324 g/mol. The number of amides is 1. The van der Waals surface area contributed by atoms with Crippen LogP contribution in [0.3, 0.4) is 0 Å². The Hall–Kier alpha value is -2.66. The molecule has 0 unspecified atom stereocenters. The summed E-state index contributed by atoms with van der Waals surface area (Å²) in [5.41, 5.74) is 3.71. The van der Waals surface area contributed by atoms with Gasteiger partial charge in [-0.1, -0.05) is 23.7 Å². The Labute approximate surface area is 145 Å². The minimum absolute atomic E-state index is 0.128. The normalized spacial score (nSPS) is 10.7. The van der Waals surface area contributed by atoms with Gasteiger partial charge in [0.15, 0.2) is 0 Å². The van der Waals surface area contributed by atoms with Crippen LogP contribution in [0.2, 0.25) is 5.02 Å². The fourth-order valence-electron chi connectivity index (χ4n) is 2.38. The molecule has 1 N–H and O–H groups in total. The number of halogens is 1. The molecule has 0 aliphatic carbocycles. The number of nitrogens with zero attached hydrogens (tertiary/aromatic N) is 3. The molecule has 0 aliphatic rings. The van der Waals surface area contributed by atoms with Gasteiger partial charge in [-0.25, -0.2) is 9.67 Å². The van der Waals surface area contributed by atoms with Crippen LogP contribution in [0.15, 0.2) is 42.5 Å². The number of rotatable bonds is 3. The summed E-state index contributed by atoms with van der Waals surface area (Å²) in [6.45, 7) is 5.77. The van der Waals surface area contributed by atoms with Crippen molar-refractivity contribution in [1.82, 2.24) is 14.8 Å². The van der Waals surface area contributed by atoms with E-state index in [9.17, 15) is 4.79 Å². The van der Waals surface area contributed by atoms with Crippen molar-refractivity contribution in [3.63, 3.8) is 0 Å². The summed E-state index contributed by atoms with van der Waals surface area (Å²) in [4.78, 5) is 16.7. The Kier molecular flexibility index (Phi) is 4.36. The number of anilines is 1. The molecule has 0 radical (unpaired) electrons. The number of aromatic nitrogens is 3. The first kappa shape index (κ1) is 16.2. The minimum atomic E-state index is -0.334. The summed E-state index contributed by atoms with van der Waals surface area (Å²) in [6, 6.07) is 13.0. The third-order valence-corrected chi connectivity index (χ3v) is 4.15. The molecule has 0 saturated heterocycles. The van der Waals surface area contributed by atoms with E-state index in [1.807, 2.05) is 44.2 Å². The highest BCUT2D eigenvalue weighted by atomic mass is 35.5. The van der Waals surface area contributed by atoms with E-state index in [0.717, 1.165) is 22.5 Å². The third kappa shape index (κ3) is 3.16. The number of nitrogens with one attached hydrogen (secondary N) is 1. The monoisotopic (exact) mass is 340 g/mol. The van der Waals surface area contributed by atoms with Crippen molar-refractivity contribution in [2.24, 2.45) is 0 Å². The Bertz CT molecular complexity index is 900. The summed E-state index contributed by atoms with van der Waals surface area (Å²) in [5.74, 6) is 0.423. The molecule has 1 heterocycles. The van der Waals surface area contributed by atoms with E-state index in [2.05, 4.69) is 15.4 Å². The van der Waals surface area contributed by atoms with Crippen molar-refractivity contribution in [2.45, 2.75) is 20.8 Å². The highest BCUT2D eigenvalue weighted by molar-refractivity contribution is 6.30. The number of benzene rings is 2. The molecule has 5 nitrogen and oxygen atoms in total. The first-order valence-corrected chi connectivity index (χ1v) is 7.90. The van der Waals surface area contributed by atoms with E-state index in [1.165, 1.54) is 0 Å². The van der Waals surface area contributed by atoms with Crippen LogP contribution in [0.1, 0.15) is 27.6 Å². The van der Waals surface area contributed by atoms with Crippen molar-refractivity contribution >= 4 is 23.2 Å². The van der Waals surface area contributed by atoms with Gasteiger partial charge in [0.2, 0.25) is 5.82 Å². The van der Waals surface area contributed by atoms with Gasteiger partial charge in [-0.05, 0) is 62.2 Å².